The first kappa shape index (κ1) is 18.6. The molecule has 1 heterocycles. The molecule has 0 fully saturated rings. The minimum atomic E-state index is -1.08. The van der Waals surface area contributed by atoms with Crippen molar-refractivity contribution >= 4 is 11.8 Å². The molecule has 0 radical (unpaired) electrons. The molecule has 1 aromatic heterocycles. The van der Waals surface area contributed by atoms with E-state index >= 15 is 0 Å². The topological polar surface area (TPSA) is 56.3 Å². The van der Waals surface area contributed by atoms with E-state index in [-0.39, 0.29) is 29.4 Å². The molecule has 7 heteroatoms. The molecule has 0 aliphatic rings. The lowest BCUT2D eigenvalue weighted by molar-refractivity contribution is -0.121. The van der Waals surface area contributed by atoms with Crippen molar-refractivity contribution in [3.8, 4) is 11.3 Å². The summed E-state index contributed by atoms with van der Waals surface area (Å²) in [5.41, 5.74) is -1.74. The number of methoxy groups -OCH3 is 1. The molecule has 0 N–H and O–H groups in total. The predicted molar refractivity (Wildman–Crippen MR) is 84.4 cm³/mol. The van der Waals surface area contributed by atoms with Gasteiger partial charge in [0.1, 0.15) is 34.6 Å². The SMILES string of the molecule is COC(=O)c1ccc(F)c(-c2c(F)ccc(CC(=O)C(C)C)c2F)n1. The number of benzene rings is 1. The van der Waals surface area contributed by atoms with Gasteiger partial charge in [0.15, 0.2) is 0 Å². The smallest absolute Gasteiger partial charge is 0.356 e. The summed E-state index contributed by atoms with van der Waals surface area (Å²) in [6, 6.07) is 4.00. The Bertz CT molecular complexity index is 835. The van der Waals surface area contributed by atoms with Crippen LogP contribution >= 0.6 is 0 Å². The van der Waals surface area contributed by atoms with Crippen molar-refractivity contribution in [2.45, 2.75) is 20.3 Å². The lowest BCUT2D eigenvalue weighted by Gasteiger charge is -2.11. The average Bonchev–Trinajstić information content (AvgIpc) is 2.58. The quantitative estimate of drug-likeness (QED) is 0.771. The van der Waals surface area contributed by atoms with Gasteiger partial charge in [0, 0.05) is 12.3 Å². The largest absolute Gasteiger partial charge is 0.464 e. The fourth-order valence-corrected chi connectivity index (χ4v) is 2.18. The predicted octanol–water partition coefficient (Wildman–Crippen LogP) is 3.72. The normalized spacial score (nSPS) is 10.8. The average molecular weight is 351 g/mol. The Morgan fingerprint density at radius 1 is 1.08 bits per heavy atom. The molecule has 2 rings (SSSR count). The highest BCUT2D eigenvalue weighted by Crippen LogP contribution is 2.29. The monoisotopic (exact) mass is 351 g/mol. The standard InChI is InChI=1S/C18H16F3NO3/c1-9(2)14(23)8-10-4-5-11(19)15(16(10)21)17-12(20)6-7-13(22-17)18(24)25-3/h4-7,9H,8H2,1-3H3. The van der Waals surface area contributed by atoms with E-state index < -0.39 is 34.7 Å². The molecule has 0 aliphatic heterocycles. The fraction of sp³-hybridized carbons (Fsp3) is 0.278. The highest BCUT2D eigenvalue weighted by atomic mass is 19.1. The minimum absolute atomic E-state index is 0.0697. The third-order valence-corrected chi connectivity index (χ3v) is 3.66. The Kier molecular flexibility index (Phi) is 5.56. The van der Waals surface area contributed by atoms with Crippen LogP contribution in [-0.2, 0) is 16.0 Å². The maximum Gasteiger partial charge on any atom is 0.356 e. The third kappa shape index (κ3) is 3.87. The van der Waals surface area contributed by atoms with Gasteiger partial charge in [0.05, 0.1) is 12.7 Å². The number of esters is 1. The maximum atomic E-state index is 14.7. The number of hydrogen-bond donors (Lipinski definition) is 0. The molecule has 4 nitrogen and oxygen atoms in total. The van der Waals surface area contributed by atoms with Crippen LogP contribution in [-0.4, -0.2) is 23.8 Å². The molecular formula is C18H16F3NO3. The first-order valence-electron chi connectivity index (χ1n) is 7.51. The van der Waals surface area contributed by atoms with Gasteiger partial charge in [-0.25, -0.2) is 22.9 Å². The number of rotatable bonds is 5. The lowest BCUT2D eigenvalue weighted by Crippen LogP contribution is -2.12. The van der Waals surface area contributed by atoms with Crippen LogP contribution in [0.5, 0.6) is 0 Å². The van der Waals surface area contributed by atoms with Crippen LogP contribution in [0.1, 0.15) is 29.9 Å². The Hall–Kier alpha value is -2.70. The summed E-state index contributed by atoms with van der Waals surface area (Å²) in [5, 5.41) is 0. The zero-order valence-corrected chi connectivity index (χ0v) is 13.9. The number of carbonyl (C=O) groups excluding carboxylic acids is 2. The molecule has 0 atom stereocenters. The zero-order chi connectivity index (χ0) is 18.7. The van der Waals surface area contributed by atoms with Gasteiger partial charge in [-0.2, -0.15) is 0 Å². The number of Topliss-reactive ketones (excluding diaryl/α,β-unsaturated/α-hetero) is 1. The molecular weight excluding hydrogens is 335 g/mol. The summed E-state index contributed by atoms with van der Waals surface area (Å²) >= 11 is 0. The number of pyridine rings is 1. The summed E-state index contributed by atoms with van der Waals surface area (Å²) in [4.78, 5) is 27.0. The molecule has 0 unspecified atom stereocenters. The van der Waals surface area contributed by atoms with Crippen LogP contribution in [0.15, 0.2) is 24.3 Å². The van der Waals surface area contributed by atoms with E-state index in [1.807, 2.05) is 0 Å². The van der Waals surface area contributed by atoms with Crippen molar-refractivity contribution in [2.24, 2.45) is 5.92 Å². The molecule has 2 aromatic rings. The molecule has 0 aliphatic carbocycles. The third-order valence-electron chi connectivity index (χ3n) is 3.66. The summed E-state index contributed by atoms with van der Waals surface area (Å²) in [6.45, 7) is 3.32. The molecule has 0 spiro atoms. The second-order valence-corrected chi connectivity index (χ2v) is 5.71. The van der Waals surface area contributed by atoms with Gasteiger partial charge in [-0.15, -0.1) is 0 Å². The van der Waals surface area contributed by atoms with Crippen molar-refractivity contribution in [1.82, 2.24) is 4.98 Å². The number of nitrogens with zero attached hydrogens (tertiary/aromatic N) is 1. The van der Waals surface area contributed by atoms with Crippen LogP contribution in [0, 0.1) is 23.4 Å². The van der Waals surface area contributed by atoms with Gasteiger partial charge in [-0.05, 0) is 23.8 Å². The van der Waals surface area contributed by atoms with Crippen molar-refractivity contribution < 1.29 is 27.5 Å². The summed E-state index contributed by atoms with van der Waals surface area (Å²) in [7, 11) is 1.10. The van der Waals surface area contributed by atoms with E-state index in [2.05, 4.69) is 9.72 Å². The highest BCUT2D eigenvalue weighted by molar-refractivity contribution is 5.88. The summed E-state index contributed by atoms with van der Waals surface area (Å²) in [5.74, 6) is -4.57. The van der Waals surface area contributed by atoms with Gasteiger partial charge >= 0.3 is 5.97 Å². The number of ether oxygens (including phenoxy) is 1. The number of aromatic nitrogens is 1. The van der Waals surface area contributed by atoms with E-state index in [1.54, 1.807) is 13.8 Å². The van der Waals surface area contributed by atoms with Gasteiger partial charge in [-0.1, -0.05) is 19.9 Å². The molecule has 0 amide bonds. The lowest BCUT2D eigenvalue weighted by atomic mass is 9.97. The van der Waals surface area contributed by atoms with E-state index in [1.165, 1.54) is 0 Å². The number of ketones is 1. The maximum absolute atomic E-state index is 14.7. The Morgan fingerprint density at radius 2 is 1.72 bits per heavy atom. The molecule has 1 aromatic carbocycles. The Labute approximate surface area is 142 Å². The van der Waals surface area contributed by atoms with Crippen LogP contribution in [0.25, 0.3) is 11.3 Å². The van der Waals surface area contributed by atoms with E-state index in [0.29, 0.717) is 0 Å². The van der Waals surface area contributed by atoms with Crippen LogP contribution in [0.3, 0.4) is 0 Å². The Morgan fingerprint density at radius 3 is 2.32 bits per heavy atom. The Balaban J connectivity index is 2.59. The summed E-state index contributed by atoms with van der Waals surface area (Å²) < 4.78 is 47.4. The van der Waals surface area contributed by atoms with Crippen LogP contribution in [0.4, 0.5) is 13.2 Å². The first-order chi connectivity index (χ1) is 11.8. The summed E-state index contributed by atoms with van der Waals surface area (Å²) in [6.07, 6.45) is -0.255. The first-order valence-corrected chi connectivity index (χ1v) is 7.51. The number of carbonyl (C=O) groups is 2. The molecule has 132 valence electrons. The number of halogens is 3. The molecule has 25 heavy (non-hydrogen) atoms. The van der Waals surface area contributed by atoms with Crippen molar-refractivity contribution in [2.75, 3.05) is 7.11 Å². The molecule has 0 saturated carbocycles. The van der Waals surface area contributed by atoms with Gasteiger partial charge in [0.2, 0.25) is 0 Å². The van der Waals surface area contributed by atoms with Crippen molar-refractivity contribution in [1.29, 1.82) is 0 Å². The highest BCUT2D eigenvalue weighted by Gasteiger charge is 2.23. The van der Waals surface area contributed by atoms with Crippen LogP contribution in [0.2, 0.25) is 0 Å². The van der Waals surface area contributed by atoms with Crippen LogP contribution < -0.4 is 0 Å². The van der Waals surface area contributed by atoms with Crippen molar-refractivity contribution in [3.63, 3.8) is 0 Å². The number of hydrogen-bond acceptors (Lipinski definition) is 4. The fourth-order valence-electron chi connectivity index (χ4n) is 2.18. The second-order valence-electron chi connectivity index (χ2n) is 5.71. The zero-order valence-electron chi connectivity index (χ0n) is 13.9. The molecule has 0 bridgehead atoms. The second kappa shape index (κ2) is 7.46. The van der Waals surface area contributed by atoms with E-state index in [0.717, 1.165) is 31.4 Å². The van der Waals surface area contributed by atoms with E-state index in [4.69, 9.17) is 0 Å². The van der Waals surface area contributed by atoms with Crippen molar-refractivity contribution in [3.05, 3.63) is 53.0 Å². The van der Waals surface area contributed by atoms with E-state index in [9.17, 15) is 22.8 Å². The van der Waals surface area contributed by atoms with Gasteiger partial charge in [-0.3, -0.25) is 4.79 Å². The van der Waals surface area contributed by atoms with Gasteiger partial charge < -0.3 is 4.74 Å². The molecule has 0 saturated heterocycles. The van der Waals surface area contributed by atoms with Gasteiger partial charge in [0.25, 0.3) is 0 Å². The minimum Gasteiger partial charge on any atom is -0.464 e.